The van der Waals surface area contributed by atoms with Crippen LogP contribution in [0, 0.1) is 5.41 Å². The van der Waals surface area contributed by atoms with Crippen LogP contribution >= 0.6 is 0 Å². The number of ether oxygens (including phenoxy) is 1. The van der Waals surface area contributed by atoms with Crippen molar-refractivity contribution in [3.8, 4) is 0 Å². The van der Waals surface area contributed by atoms with Crippen LogP contribution < -0.4 is 0 Å². The molecule has 0 unspecified atom stereocenters. The maximum Gasteiger partial charge on any atom is 0.0585 e. The second-order valence-electron chi connectivity index (χ2n) is 4.42. The molecule has 1 fully saturated rings. The van der Waals surface area contributed by atoms with Gasteiger partial charge in [0.1, 0.15) is 0 Å². The van der Waals surface area contributed by atoms with Gasteiger partial charge in [-0.25, -0.2) is 0 Å². The molecule has 0 bridgehead atoms. The lowest BCUT2D eigenvalue weighted by Crippen LogP contribution is -2.38. The molecule has 1 aliphatic rings. The van der Waals surface area contributed by atoms with Crippen molar-refractivity contribution in [1.82, 2.24) is 0 Å². The molecule has 1 saturated carbocycles. The van der Waals surface area contributed by atoms with Crippen LogP contribution in [0.25, 0.3) is 0 Å². The molecule has 0 aromatic carbocycles. The van der Waals surface area contributed by atoms with Crippen molar-refractivity contribution >= 4 is 0 Å². The first-order valence-corrected chi connectivity index (χ1v) is 4.76. The number of unbranched alkanes of at least 4 members (excludes halogenated alkanes) is 1. The van der Waals surface area contributed by atoms with E-state index in [9.17, 15) is 0 Å². The molecule has 0 saturated heterocycles. The maximum absolute atomic E-state index is 5.65. The van der Waals surface area contributed by atoms with Gasteiger partial charge in [0.25, 0.3) is 0 Å². The minimum Gasteiger partial charge on any atom is -0.378 e. The molecule has 0 radical (unpaired) electrons. The van der Waals surface area contributed by atoms with E-state index in [4.69, 9.17) is 4.74 Å². The van der Waals surface area contributed by atoms with Crippen molar-refractivity contribution in [3.05, 3.63) is 0 Å². The predicted molar refractivity (Wildman–Crippen MR) is 47.7 cm³/mol. The summed E-state index contributed by atoms with van der Waals surface area (Å²) < 4.78 is 5.65. The first kappa shape index (κ1) is 9.05. The van der Waals surface area contributed by atoms with Crippen LogP contribution in [-0.2, 0) is 4.74 Å². The Kier molecular flexibility index (Phi) is 2.94. The zero-order valence-corrected chi connectivity index (χ0v) is 8.02. The van der Waals surface area contributed by atoms with E-state index >= 15 is 0 Å². The summed E-state index contributed by atoms with van der Waals surface area (Å²) in [5.74, 6) is 0. The van der Waals surface area contributed by atoms with Gasteiger partial charge in [-0.05, 0) is 24.7 Å². The molecule has 11 heavy (non-hydrogen) atoms. The Balaban J connectivity index is 1.96. The highest BCUT2D eigenvalue weighted by molar-refractivity contribution is 4.87. The minimum atomic E-state index is 0.566. The highest BCUT2D eigenvalue weighted by Crippen LogP contribution is 2.41. The van der Waals surface area contributed by atoms with E-state index in [1.54, 1.807) is 0 Å². The Morgan fingerprint density at radius 2 is 2.00 bits per heavy atom. The molecule has 1 rings (SSSR count). The van der Waals surface area contributed by atoms with E-state index in [1.807, 2.05) is 0 Å². The molecule has 0 N–H and O–H groups in total. The average Bonchev–Trinajstić information content (AvgIpc) is 1.84. The van der Waals surface area contributed by atoms with E-state index in [2.05, 4.69) is 20.8 Å². The van der Waals surface area contributed by atoms with Gasteiger partial charge in [-0.2, -0.15) is 0 Å². The van der Waals surface area contributed by atoms with Gasteiger partial charge in [-0.3, -0.25) is 0 Å². The third-order valence-corrected chi connectivity index (χ3v) is 2.41. The third kappa shape index (κ3) is 2.82. The summed E-state index contributed by atoms with van der Waals surface area (Å²) in [6.07, 6.45) is 5.57. The third-order valence-electron chi connectivity index (χ3n) is 2.41. The molecule has 66 valence electrons. The van der Waals surface area contributed by atoms with Crippen LogP contribution in [0.2, 0.25) is 0 Å². The largest absolute Gasteiger partial charge is 0.378 e. The fourth-order valence-electron chi connectivity index (χ4n) is 1.69. The van der Waals surface area contributed by atoms with E-state index < -0.39 is 0 Å². The number of hydrogen-bond donors (Lipinski definition) is 0. The summed E-state index contributed by atoms with van der Waals surface area (Å²) >= 11 is 0. The molecule has 1 heteroatoms. The summed E-state index contributed by atoms with van der Waals surface area (Å²) in [7, 11) is 0. The molecule has 0 aromatic heterocycles. The van der Waals surface area contributed by atoms with Crippen LogP contribution in [-0.4, -0.2) is 12.7 Å². The highest BCUT2D eigenvalue weighted by Gasteiger charge is 2.36. The number of rotatable bonds is 4. The Morgan fingerprint density at radius 3 is 2.45 bits per heavy atom. The molecular weight excluding hydrogens is 136 g/mol. The summed E-state index contributed by atoms with van der Waals surface area (Å²) in [4.78, 5) is 0. The Labute approximate surface area is 70.1 Å². The quantitative estimate of drug-likeness (QED) is 0.568. The lowest BCUT2D eigenvalue weighted by molar-refractivity contribution is -0.0656. The molecular formula is C10H20O. The zero-order chi connectivity index (χ0) is 8.32. The summed E-state index contributed by atoms with van der Waals surface area (Å²) in [5.41, 5.74) is 0.566. The average molecular weight is 156 g/mol. The second kappa shape index (κ2) is 3.57. The first-order valence-electron chi connectivity index (χ1n) is 4.76. The van der Waals surface area contributed by atoms with E-state index in [0.29, 0.717) is 11.5 Å². The first-order chi connectivity index (χ1) is 5.14. The molecule has 1 nitrogen and oxygen atoms in total. The zero-order valence-electron chi connectivity index (χ0n) is 8.02. The van der Waals surface area contributed by atoms with Gasteiger partial charge < -0.3 is 4.74 Å². The van der Waals surface area contributed by atoms with Gasteiger partial charge in [-0.15, -0.1) is 0 Å². The smallest absolute Gasteiger partial charge is 0.0585 e. The van der Waals surface area contributed by atoms with E-state index in [0.717, 1.165) is 6.61 Å². The number of hydrogen-bond acceptors (Lipinski definition) is 1. The van der Waals surface area contributed by atoms with Crippen LogP contribution in [0.4, 0.5) is 0 Å². The van der Waals surface area contributed by atoms with Crippen molar-refractivity contribution in [2.75, 3.05) is 6.61 Å². The minimum absolute atomic E-state index is 0.566. The Morgan fingerprint density at radius 1 is 1.36 bits per heavy atom. The van der Waals surface area contributed by atoms with Crippen LogP contribution in [0.1, 0.15) is 46.5 Å². The van der Waals surface area contributed by atoms with Gasteiger partial charge in [0.15, 0.2) is 0 Å². The molecule has 0 amide bonds. The second-order valence-corrected chi connectivity index (χ2v) is 4.42. The van der Waals surface area contributed by atoms with Gasteiger partial charge in [0.2, 0.25) is 0 Å². The van der Waals surface area contributed by atoms with Crippen molar-refractivity contribution in [1.29, 1.82) is 0 Å². The van der Waals surface area contributed by atoms with E-state index in [-0.39, 0.29) is 0 Å². The standard InChI is InChI=1S/C10H20O/c1-4-5-6-11-9-7-10(2,3)8-9/h9H,4-8H2,1-3H3. The lowest BCUT2D eigenvalue weighted by atomic mass is 9.70. The van der Waals surface area contributed by atoms with Crippen molar-refractivity contribution in [2.45, 2.75) is 52.6 Å². The SMILES string of the molecule is CCCCOC1CC(C)(C)C1. The molecule has 1 aliphatic carbocycles. The van der Waals surface area contributed by atoms with Gasteiger partial charge >= 0.3 is 0 Å². The van der Waals surface area contributed by atoms with Crippen LogP contribution in [0.5, 0.6) is 0 Å². The summed E-state index contributed by atoms with van der Waals surface area (Å²) in [6, 6.07) is 0. The maximum atomic E-state index is 5.65. The van der Waals surface area contributed by atoms with E-state index in [1.165, 1.54) is 25.7 Å². The van der Waals surface area contributed by atoms with Crippen LogP contribution in [0.3, 0.4) is 0 Å². The lowest BCUT2D eigenvalue weighted by Gasteiger charge is -2.42. The fourth-order valence-corrected chi connectivity index (χ4v) is 1.69. The highest BCUT2D eigenvalue weighted by atomic mass is 16.5. The topological polar surface area (TPSA) is 9.23 Å². The summed E-state index contributed by atoms with van der Waals surface area (Å²) in [5, 5.41) is 0. The van der Waals surface area contributed by atoms with Crippen molar-refractivity contribution in [3.63, 3.8) is 0 Å². The van der Waals surface area contributed by atoms with Gasteiger partial charge in [-0.1, -0.05) is 27.2 Å². The molecule has 0 aromatic rings. The van der Waals surface area contributed by atoms with Crippen molar-refractivity contribution in [2.24, 2.45) is 5.41 Å². The molecule has 0 heterocycles. The fraction of sp³-hybridized carbons (Fsp3) is 1.00. The Bertz CT molecular complexity index is 110. The monoisotopic (exact) mass is 156 g/mol. The molecule has 0 atom stereocenters. The molecule has 0 aliphatic heterocycles. The van der Waals surface area contributed by atoms with Gasteiger partial charge in [0.05, 0.1) is 6.10 Å². The molecule has 0 spiro atoms. The predicted octanol–water partition coefficient (Wildman–Crippen LogP) is 2.99. The normalized spacial score (nSPS) is 23.2. The summed E-state index contributed by atoms with van der Waals surface area (Å²) in [6.45, 7) is 7.80. The van der Waals surface area contributed by atoms with Gasteiger partial charge in [0, 0.05) is 6.61 Å². The Hall–Kier alpha value is -0.0400. The van der Waals surface area contributed by atoms with Crippen molar-refractivity contribution < 1.29 is 4.74 Å². The van der Waals surface area contributed by atoms with Crippen LogP contribution in [0.15, 0.2) is 0 Å².